The van der Waals surface area contributed by atoms with E-state index in [2.05, 4.69) is 18.2 Å². The first-order chi connectivity index (χ1) is 21.0. The fraction of sp³-hybridized carbons (Fsp3) is 0.135. The fourth-order valence-corrected chi connectivity index (χ4v) is 7.67. The van der Waals surface area contributed by atoms with Crippen LogP contribution in [0.2, 0.25) is 0 Å². The standard InChI is InChI=1S/C37H26N2O4/c40-22-43-21-37(28-14-6-4-12-26(28)35-30(37)18-24-10-2-8-16-32(24)39-35)20-36(19-33(41)42)27-13-5-3-11-25(27)34-29(36)17-23-9-1-7-15-31(23)38-34/h1-18,22H,19-21H2,(H,41,42)/t36-,37-/m0/s1. The van der Waals surface area contributed by atoms with E-state index in [0.717, 1.165) is 66.6 Å². The Morgan fingerprint density at radius 1 is 0.674 bits per heavy atom. The summed E-state index contributed by atoms with van der Waals surface area (Å²) in [6.45, 7) is 0.521. The van der Waals surface area contributed by atoms with E-state index in [-0.39, 0.29) is 13.0 Å². The van der Waals surface area contributed by atoms with Crippen LogP contribution in [0.5, 0.6) is 0 Å². The Kier molecular flexibility index (Phi) is 5.50. The second-order valence-electron chi connectivity index (χ2n) is 11.6. The maximum Gasteiger partial charge on any atom is 0.304 e. The highest BCUT2D eigenvalue weighted by molar-refractivity contribution is 5.92. The average Bonchev–Trinajstić information content (AvgIpc) is 3.44. The van der Waals surface area contributed by atoms with Gasteiger partial charge in [-0.2, -0.15) is 0 Å². The Bertz CT molecular complexity index is 2120. The summed E-state index contributed by atoms with van der Waals surface area (Å²) in [5.74, 6) is -0.912. The van der Waals surface area contributed by atoms with Gasteiger partial charge in [-0.3, -0.25) is 9.59 Å². The molecule has 0 aliphatic heterocycles. The van der Waals surface area contributed by atoms with Gasteiger partial charge in [-0.25, -0.2) is 9.97 Å². The monoisotopic (exact) mass is 562 g/mol. The molecule has 0 spiro atoms. The second kappa shape index (κ2) is 9.33. The number of para-hydroxylation sites is 2. The number of hydrogen-bond donors (Lipinski definition) is 1. The van der Waals surface area contributed by atoms with Gasteiger partial charge in [0.1, 0.15) is 6.61 Å². The Balaban J connectivity index is 1.46. The van der Waals surface area contributed by atoms with Crippen LogP contribution in [0.3, 0.4) is 0 Å². The van der Waals surface area contributed by atoms with E-state index in [1.165, 1.54) is 0 Å². The van der Waals surface area contributed by atoms with Gasteiger partial charge in [0.25, 0.3) is 6.47 Å². The first-order valence-electron chi connectivity index (χ1n) is 14.3. The van der Waals surface area contributed by atoms with E-state index in [9.17, 15) is 14.7 Å². The van der Waals surface area contributed by atoms with Crippen LogP contribution in [0.4, 0.5) is 0 Å². The first-order valence-corrected chi connectivity index (χ1v) is 14.3. The molecule has 0 radical (unpaired) electrons. The van der Waals surface area contributed by atoms with Crippen molar-refractivity contribution >= 4 is 34.2 Å². The van der Waals surface area contributed by atoms with E-state index in [4.69, 9.17) is 14.7 Å². The van der Waals surface area contributed by atoms with E-state index in [1.54, 1.807) is 0 Å². The van der Waals surface area contributed by atoms with Gasteiger partial charge in [0, 0.05) is 27.3 Å². The number of rotatable bonds is 7. The van der Waals surface area contributed by atoms with Crippen molar-refractivity contribution in [3.63, 3.8) is 0 Å². The predicted molar refractivity (Wildman–Crippen MR) is 165 cm³/mol. The van der Waals surface area contributed by atoms with E-state index in [0.29, 0.717) is 12.9 Å². The Hall–Kier alpha value is -5.36. The van der Waals surface area contributed by atoms with Gasteiger partial charge in [0.05, 0.1) is 34.3 Å². The van der Waals surface area contributed by atoms with Crippen molar-refractivity contribution < 1.29 is 19.4 Å². The number of carboxylic acids is 1. The van der Waals surface area contributed by atoms with Crippen LogP contribution in [0.1, 0.15) is 35.1 Å². The Labute approximate surface area is 247 Å². The van der Waals surface area contributed by atoms with Gasteiger partial charge >= 0.3 is 5.97 Å². The molecule has 8 rings (SSSR count). The van der Waals surface area contributed by atoms with Crippen LogP contribution in [0, 0.1) is 0 Å². The van der Waals surface area contributed by atoms with Crippen molar-refractivity contribution in [2.24, 2.45) is 0 Å². The van der Waals surface area contributed by atoms with Crippen molar-refractivity contribution in [2.75, 3.05) is 6.61 Å². The first kappa shape index (κ1) is 25.4. The number of ether oxygens (including phenoxy) is 1. The van der Waals surface area contributed by atoms with Gasteiger partial charge in [-0.15, -0.1) is 0 Å². The zero-order chi connectivity index (χ0) is 29.2. The quantitative estimate of drug-likeness (QED) is 0.210. The predicted octanol–water partition coefficient (Wildman–Crippen LogP) is 7.05. The summed E-state index contributed by atoms with van der Waals surface area (Å²) < 4.78 is 5.68. The molecule has 2 aliphatic rings. The summed E-state index contributed by atoms with van der Waals surface area (Å²) in [5, 5.41) is 12.5. The van der Waals surface area contributed by atoms with E-state index < -0.39 is 16.8 Å². The third-order valence-electron chi connectivity index (χ3n) is 9.33. The third kappa shape index (κ3) is 3.59. The zero-order valence-corrected chi connectivity index (χ0v) is 23.2. The summed E-state index contributed by atoms with van der Waals surface area (Å²) >= 11 is 0. The van der Waals surface area contributed by atoms with Crippen molar-refractivity contribution in [3.05, 3.63) is 131 Å². The van der Waals surface area contributed by atoms with Crippen LogP contribution in [0.15, 0.2) is 109 Å². The Morgan fingerprint density at radius 2 is 1.16 bits per heavy atom. The molecule has 43 heavy (non-hydrogen) atoms. The lowest BCUT2D eigenvalue weighted by atomic mass is 9.61. The molecular weight excluding hydrogens is 536 g/mol. The molecule has 0 fully saturated rings. The number of aromatic nitrogens is 2. The molecule has 0 saturated heterocycles. The van der Waals surface area contributed by atoms with E-state index in [1.807, 2.05) is 91.0 Å². The smallest absolute Gasteiger partial charge is 0.304 e. The number of hydrogen-bond acceptors (Lipinski definition) is 5. The van der Waals surface area contributed by atoms with Crippen LogP contribution in [-0.4, -0.2) is 34.1 Å². The molecular formula is C37H26N2O4. The molecule has 2 atom stereocenters. The van der Waals surface area contributed by atoms with Crippen molar-refractivity contribution in [1.29, 1.82) is 0 Å². The maximum atomic E-state index is 12.9. The van der Waals surface area contributed by atoms with Gasteiger partial charge in [0.2, 0.25) is 0 Å². The summed E-state index contributed by atoms with van der Waals surface area (Å²) in [7, 11) is 0. The molecule has 1 N–H and O–H groups in total. The SMILES string of the molecule is O=COC[C@@]1(C[C@@]2(CC(=O)O)c3ccccc3-c3nc4ccccc4cc32)c2ccccc2-c2nc3ccccc3cc21. The number of pyridine rings is 2. The molecule has 6 aromatic rings. The Morgan fingerprint density at radius 3 is 1.72 bits per heavy atom. The molecule has 2 aliphatic carbocycles. The van der Waals surface area contributed by atoms with Crippen LogP contribution < -0.4 is 0 Å². The van der Waals surface area contributed by atoms with E-state index >= 15 is 0 Å². The minimum absolute atomic E-state index is 0.0421. The average molecular weight is 563 g/mol. The molecule has 6 heteroatoms. The number of benzene rings is 4. The topological polar surface area (TPSA) is 89.4 Å². The summed E-state index contributed by atoms with van der Waals surface area (Å²) in [6.07, 6.45) is 0.187. The minimum Gasteiger partial charge on any atom is -0.481 e. The van der Waals surface area contributed by atoms with Crippen molar-refractivity contribution in [1.82, 2.24) is 9.97 Å². The molecule has 0 bridgehead atoms. The number of aliphatic carboxylic acids is 1. The van der Waals surface area contributed by atoms with Crippen molar-refractivity contribution in [2.45, 2.75) is 23.7 Å². The number of fused-ring (bicyclic) bond motifs is 8. The highest BCUT2D eigenvalue weighted by atomic mass is 16.5. The molecule has 2 aromatic heterocycles. The van der Waals surface area contributed by atoms with Gasteiger partial charge in [-0.05, 0) is 52.9 Å². The molecule has 2 heterocycles. The van der Waals surface area contributed by atoms with Crippen LogP contribution in [0.25, 0.3) is 44.3 Å². The van der Waals surface area contributed by atoms with Crippen molar-refractivity contribution in [3.8, 4) is 22.5 Å². The zero-order valence-electron chi connectivity index (χ0n) is 23.2. The van der Waals surface area contributed by atoms with Crippen LogP contribution >= 0.6 is 0 Å². The van der Waals surface area contributed by atoms with Gasteiger partial charge < -0.3 is 9.84 Å². The van der Waals surface area contributed by atoms with Gasteiger partial charge in [-0.1, -0.05) is 84.9 Å². The number of nitrogens with zero attached hydrogens (tertiary/aromatic N) is 2. The minimum atomic E-state index is -0.971. The van der Waals surface area contributed by atoms with Gasteiger partial charge in [0.15, 0.2) is 0 Å². The number of carbonyl (C=O) groups excluding carboxylic acids is 1. The lowest BCUT2D eigenvalue weighted by Gasteiger charge is -2.41. The molecule has 0 unspecified atom stereocenters. The highest BCUT2D eigenvalue weighted by Crippen LogP contribution is 2.60. The number of carbonyl (C=O) groups is 2. The molecule has 0 saturated carbocycles. The van der Waals surface area contributed by atoms with Crippen LogP contribution in [-0.2, 0) is 25.2 Å². The lowest BCUT2D eigenvalue weighted by molar-refractivity contribution is -0.138. The largest absolute Gasteiger partial charge is 0.481 e. The summed E-state index contributed by atoms with van der Waals surface area (Å²) in [4.78, 5) is 34.9. The summed E-state index contributed by atoms with van der Waals surface area (Å²) in [5.41, 5.74) is 7.09. The maximum absolute atomic E-state index is 12.9. The normalized spacial score (nSPS) is 19.4. The molecule has 6 nitrogen and oxygen atoms in total. The number of carboxylic acid groups (broad SMARTS) is 1. The second-order valence-corrected chi connectivity index (χ2v) is 11.6. The molecule has 0 amide bonds. The fourth-order valence-electron chi connectivity index (χ4n) is 7.67. The molecule has 4 aromatic carbocycles. The lowest BCUT2D eigenvalue weighted by Crippen LogP contribution is -2.42. The molecule has 208 valence electrons. The summed E-state index contributed by atoms with van der Waals surface area (Å²) in [6, 6.07) is 36.2. The third-order valence-corrected chi connectivity index (χ3v) is 9.33. The highest BCUT2D eigenvalue weighted by Gasteiger charge is 2.55.